The fourth-order valence-electron chi connectivity index (χ4n) is 6.04. The number of hydrogen-bond acceptors (Lipinski definition) is 3. The Kier molecular flexibility index (Phi) is 9.03. The van der Waals surface area contributed by atoms with E-state index in [1.807, 2.05) is 54.7 Å². The van der Waals surface area contributed by atoms with Crippen molar-refractivity contribution >= 4 is 55.8 Å². The monoisotopic (exact) mass is 853 g/mol. The fraction of sp³-hybridized carbons (Fsp3) is 0.163. The molecule has 6 heteroatoms. The van der Waals surface area contributed by atoms with Crippen LogP contribution >= 0.6 is 11.3 Å². The molecule has 247 valence electrons. The predicted octanol–water partition coefficient (Wildman–Crippen LogP) is 11.5. The molecular weight excluding hydrogens is 811 g/mol. The van der Waals surface area contributed by atoms with Crippen molar-refractivity contribution in [1.82, 2.24) is 14.5 Å². The summed E-state index contributed by atoms with van der Waals surface area (Å²) in [6, 6.07) is 45.2. The van der Waals surface area contributed by atoms with Crippen molar-refractivity contribution in [3.8, 4) is 33.8 Å². The number of hydrogen-bond donors (Lipinski definition) is 0. The SMILES string of the molecule is C[Si](C)(C)c1ccc(-c2[c-]cccc2)nc1.[2H]C([2H])([2H])c1ccc(-c2ccc3sc4c(-c5nc6ccccc6n5C(C)C)[c-]ccc4c3c2)cc1.[Ir]. The van der Waals surface area contributed by atoms with Gasteiger partial charge in [-0.2, -0.15) is 11.3 Å². The predicted molar refractivity (Wildman–Crippen MR) is 209 cm³/mol. The van der Waals surface area contributed by atoms with E-state index in [2.05, 4.69) is 110 Å². The van der Waals surface area contributed by atoms with E-state index in [0.29, 0.717) is 5.56 Å². The second-order valence-corrected chi connectivity index (χ2v) is 19.5. The van der Waals surface area contributed by atoms with Gasteiger partial charge in [-0.15, -0.1) is 54.1 Å². The number of pyridine rings is 1. The molecule has 0 amide bonds. The third-order valence-corrected chi connectivity index (χ3v) is 11.8. The van der Waals surface area contributed by atoms with Gasteiger partial charge in [0.1, 0.15) is 0 Å². The standard InChI is InChI=1S/C29H23N2S.C14H16NSi.Ir/c1-18(2)31-26-10-5-4-9-25(26)30-29(31)23-8-6-7-22-24-17-21(15-16-27(24)32-28(22)23)20-13-11-19(3)12-14-20;1-16(2,3)13-9-10-14(15-11-13)12-7-5-4-6-8-12;/h4-7,9-18H,1-3H3;4-7,9-11H,1-3H3;/q2*-1;/i3D3;;. The van der Waals surface area contributed by atoms with Gasteiger partial charge < -0.3 is 9.55 Å². The molecule has 0 aliphatic carbocycles. The first kappa shape index (κ1) is 30.8. The number of nitrogens with zero attached hydrogens (tertiary/aromatic N) is 3. The van der Waals surface area contributed by atoms with Gasteiger partial charge >= 0.3 is 0 Å². The van der Waals surface area contributed by atoms with E-state index >= 15 is 0 Å². The quantitative estimate of drug-likeness (QED) is 0.128. The van der Waals surface area contributed by atoms with Gasteiger partial charge in [0.25, 0.3) is 0 Å². The first-order chi connectivity index (χ1) is 24.4. The molecule has 0 atom stereocenters. The molecule has 5 aromatic carbocycles. The molecule has 3 aromatic heterocycles. The molecule has 0 aliphatic rings. The maximum absolute atomic E-state index is 7.62. The van der Waals surface area contributed by atoms with E-state index in [1.54, 1.807) is 23.5 Å². The van der Waals surface area contributed by atoms with Gasteiger partial charge in [-0.05, 0) is 77.1 Å². The van der Waals surface area contributed by atoms with E-state index < -0.39 is 14.9 Å². The Balaban J connectivity index is 0.000000230. The number of rotatable bonds is 5. The molecule has 3 nitrogen and oxygen atoms in total. The van der Waals surface area contributed by atoms with Crippen LogP contribution in [-0.2, 0) is 20.1 Å². The number of benzene rings is 5. The largest absolute Gasteiger partial charge is 0.362 e. The Morgan fingerprint density at radius 3 is 2.27 bits per heavy atom. The van der Waals surface area contributed by atoms with E-state index in [0.717, 1.165) is 44.8 Å². The Labute approximate surface area is 312 Å². The Hall–Kier alpha value is -4.19. The van der Waals surface area contributed by atoms with Crippen LogP contribution in [0.1, 0.15) is 29.6 Å². The zero-order valence-corrected chi connectivity index (χ0v) is 32.4. The summed E-state index contributed by atoms with van der Waals surface area (Å²) in [5.74, 6) is 0.943. The van der Waals surface area contributed by atoms with Crippen molar-refractivity contribution < 1.29 is 24.2 Å². The smallest absolute Gasteiger partial charge is 0.0795 e. The Bertz CT molecular complexity index is 2460. The molecular formula is C43H39IrN3SSi-2. The number of aryl methyl sites for hydroxylation is 1. The average molecular weight is 853 g/mol. The zero-order chi connectivity index (χ0) is 35.9. The van der Waals surface area contributed by atoms with Crippen LogP contribution in [0.25, 0.3) is 65.0 Å². The number of fused-ring (bicyclic) bond motifs is 4. The first-order valence-corrected chi connectivity index (χ1v) is 20.6. The summed E-state index contributed by atoms with van der Waals surface area (Å²) in [6.45, 7) is 9.28. The van der Waals surface area contributed by atoms with Crippen LogP contribution in [0.5, 0.6) is 0 Å². The van der Waals surface area contributed by atoms with Crippen molar-refractivity contribution in [2.75, 3.05) is 0 Å². The molecule has 0 spiro atoms. The van der Waals surface area contributed by atoms with Crippen LogP contribution < -0.4 is 5.19 Å². The molecule has 3 heterocycles. The van der Waals surface area contributed by atoms with Crippen LogP contribution in [-0.4, -0.2) is 22.6 Å². The molecule has 0 N–H and O–H groups in total. The molecule has 49 heavy (non-hydrogen) atoms. The average Bonchev–Trinajstić information content (AvgIpc) is 3.70. The molecule has 0 saturated heterocycles. The molecule has 8 rings (SSSR count). The third kappa shape index (κ3) is 7.11. The summed E-state index contributed by atoms with van der Waals surface area (Å²) in [5.41, 5.74) is 7.64. The Morgan fingerprint density at radius 2 is 1.57 bits per heavy atom. The van der Waals surface area contributed by atoms with Gasteiger partial charge in [0.2, 0.25) is 0 Å². The molecule has 0 aliphatic heterocycles. The number of para-hydroxylation sites is 2. The summed E-state index contributed by atoms with van der Waals surface area (Å²) >= 11 is 1.76. The summed E-state index contributed by atoms with van der Waals surface area (Å²) in [4.78, 5) is 9.53. The maximum atomic E-state index is 7.62. The minimum absolute atomic E-state index is 0. The first-order valence-electron chi connectivity index (χ1n) is 17.8. The van der Waals surface area contributed by atoms with Gasteiger partial charge in [-0.1, -0.05) is 90.8 Å². The topological polar surface area (TPSA) is 30.7 Å². The van der Waals surface area contributed by atoms with Crippen molar-refractivity contribution in [2.45, 2.75) is 46.4 Å². The number of thiophene rings is 1. The molecule has 0 saturated carbocycles. The van der Waals surface area contributed by atoms with Crippen molar-refractivity contribution in [2.24, 2.45) is 0 Å². The molecule has 0 fully saturated rings. The summed E-state index contributed by atoms with van der Waals surface area (Å²) in [7, 11) is -1.23. The van der Waals surface area contributed by atoms with Crippen LogP contribution in [0.15, 0.2) is 121 Å². The second-order valence-electron chi connectivity index (χ2n) is 13.3. The molecule has 0 unspecified atom stereocenters. The van der Waals surface area contributed by atoms with Gasteiger partial charge in [0.15, 0.2) is 0 Å². The van der Waals surface area contributed by atoms with Crippen molar-refractivity contribution in [1.29, 1.82) is 0 Å². The third-order valence-electron chi connectivity index (χ3n) is 8.60. The minimum Gasteiger partial charge on any atom is -0.362 e. The summed E-state index contributed by atoms with van der Waals surface area (Å²) in [5, 5.41) is 3.76. The summed E-state index contributed by atoms with van der Waals surface area (Å²) < 4.78 is 27.5. The Morgan fingerprint density at radius 1 is 0.796 bits per heavy atom. The normalized spacial score (nSPS) is 12.7. The summed E-state index contributed by atoms with van der Waals surface area (Å²) in [6.07, 6.45) is 2.02. The van der Waals surface area contributed by atoms with Crippen LogP contribution in [0.2, 0.25) is 19.6 Å². The number of imidazole rings is 1. The fourth-order valence-corrected chi connectivity index (χ4v) is 8.25. The van der Waals surface area contributed by atoms with E-state index in [1.165, 1.54) is 25.4 Å². The van der Waals surface area contributed by atoms with Gasteiger partial charge in [-0.25, -0.2) is 0 Å². The maximum Gasteiger partial charge on any atom is 0.0795 e. The van der Waals surface area contributed by atoms with Crippen molar-refractivity contribution in [3.05, 3.63) is 139 Å². The van der Waals surface area contributed by atoms with Crippen LogP contribution in [0.3, 0.4) is 0 Å². The van der Waals surface area contributed by atoms with Gasteiger partial charge in [-0.3, -0.25) is 4.98 Å². The molecule has 8 aromatic rings. The second kappa shape index (κ2) is 14.3. The molecule has 0 bridgehead atoms. The van der Waals surface area contributed by atoms with Crippen LogP contribution in [0.4, 0.5) is 0 Å². The number of aromatic nitrogens is 3. The van der Waals surface area contributed by atoms with Crippen molar-refractivity contribution in [3.63, 3.8) is 0 Å². The van der Waals surface area contributed by atoms with E-state index in [4.69, 9.17) is 9.10 Å². The van der Waals surface area contributed by atoms with Gasteiger partial charge in [0, 0.05) is 41.2 Å². The van der Waals surface area contributed by atoms with Crippen LogP contribution in [0, 0.1) is 19.0 Å². The van der Waals surface area contributed by atoms with E-state index in [-0.39, 0.29) is 26.1 Å². The zero-order valence-electron chi connectivity index (χ0n) is 31.2. The van der Waals surface area contributed by atoms with Gasteiger partial charge in [0.05, 0.1) is 24.9 Å². The van der Waals surface area contributed by atoms with E-state index in [9.17, 15) is 0 Å². The molecule has 1 radical (unpaired) electrons. The minimum atomic E-state index is -2.09.